The maximum Gasteiger partial charge on any atom is 0.253 e. The van der Waals surface area contributed by atoms with Crippen LogP contribution in [0.4, 0.5) is 11.6 Å². The van der Waals surface area contributed by atoms with E-state index in [2.05, 4.69) is 15.5 Å². The van der Waals surface area contributed by atoms with Crippen molar-refractivity contribution in [3.8, 4) is 28.3 Å². The molecule has 40 heavy (non-hydrogen) atoms. The lowest BCUT2D eigenvalue weighted by molar-refractivity contribution is -0.118. The first-order valence-corrected chi connectivity index (χ1v) is 13.3. The molecule has 0 aliphatic carbocycles. The topological polar surface area (TPSA) is 111 Å². The molecule has 0 unspecified atom stereocenters. The normalized spacial score (nSPS) is 13.1. The molecule has 0 atom stereocenters. The molecule has 9 heteroatoms. The molecular formula is C31H32N6O3. The Hall–Kier alpha value is -4.92. The predicted molar refractivity (Wildman–Crippen MR) is 156 cm³/mol. The number of benzene rings is 3. The van der Waals surface area contributed by atoms with Crippen LogP contribution in [0, 0.1) is 0 Å². The number of carbonyl (C=O) groups excluding carboxylic acids is 2. The van der Waals surface area contributed by atoms with Crippen LogP contribution in [-0.4, -0.2) is 71.1 Å². The third-order valence-electron chi connectivity index (χ3n) is 6.77. The fourth-order valence-electron chi connectivity index (χ4n) is 4.61. The van der Waals surface area contributed by atoms with Gasteiger partial charge in [-0.25, -0.2) is 9.97 Å². The first kappa shape index (κ1) is 26.7. The van der Waals surface area contributed by atoms with Crippen molar-refractivity contribution in [2.45, 2.75) is 6.92 Å². The fraction of sp³-hybridized carbons (Fsp3) is 0.226. The fourth-order valence-corrected chi connectivity index (χ4v) is 4.61. The molecule has 2 heterocycles. The second-order valence-electron chi connectivity index (χ2n) is 9.61. The second kappa shape index (κ2) is 12.3. The molecule has 2 amide bonds. The Morgan fingerprint density at radius 3 is 2.10 bits per heavy atom. The van der Waals surface area contributed by atoms with Gasteiger partial charge in [0.25, 0.3) is 5.91 Å². The SMILES string of the molecule is CC(=O)NCCNc1cc(N2CCN(C(=O)c3ccc(-c4ccc(O)cc4)cc3)CC2)nc(-c2ccccc2)n1. The first-order chi connectivity index (χ1) is 19.5. The molecule has 4 aromatic rings. The number of hydrogen-bond acceptors (Lipinski definition) is 7. The number of anilines is 2. The number of phenolic OH excluding ortho intramolecular Hbond substituents is 1. The molecule has 3 aromatic carbocycles. The lowest BCUT2D eigenvalue weighted by Crippen LogP contribution is -2.49. The summed E-state index contributed by atoms with van der Waals surface area (Å²) in [6, 6.07) is 26.3. The monoisotopic (exact) mass is 536 g/mol. The van der Waals surface area contributed by atoms with Crippen LogP contribution in [0.5, 0.6) is 5.75 Å². The van der Waals surface area contributed by atoms with E-state index in [-0.39, 0.29) is 17.6 Å². The van der Waals surface area contributed by atoms with Crippen molar-refractivity contribution in [1.82, 2.24) is 20.2 Å². The van der Waals surface area contributed by atoms with Crippen LogP contribution in [-0.2, 0) is 4.79 Å². The van der Waals surface area contributed by atoms with Gasteiger partial charge in [0.1, 0.15) is 17.4 Å². The Balaban J connectivity index is 1.26. The van der Waals surface area contributed by atoms with Gasteiger partial charge in [-0.15, -0.1) is 0 Å². The van der Waals surface area contributed by atoms with Gasteiger partial charge in [-0.05, 0) is 35.4 Å². The molecule has 1 saturated heterocycles. The largest absolute Gasteiger partial charge is 0.508 e. The summed E-state index contributed by atoms with van der Waals surface area (Å²) in [6.07, 6.45) is 0. The van der Waals surface area contributed by atoms with Crippen molar-refractivity contribution in [2.75, 3.05) is 49.5 Å². The standard InChI is InChI=1S/C31H32N6O3/c1-22(38)32-15-16-33-28-21-29(35-30(34-28)25-5-3-2-4-6-25)36-17-19-37(20-18-36)31(40)26-9-7-23(8-10-26)24-11-13-27(39)14-12-24/h2-14,21,39H,15-20H2,1H3,(H,32,38)(H,33,34,35). The summed E-state index contributed by atoms with van der Waals surface area (Å²) >= 11 is 0. The van der Waals surface area contributed by atoms with Gasteiger partial charge in [0.15, 0.2) is 5.82 Å². The summed E-state index contributed by atoms with van der Waals surface area (Å²) in [6.45, 7) is 4.97. The van der Waals surface area contributed by atoms with Gasteiger partial charge in [-0.3, -0.25) is 9.59 Å². The highest BCUT2D eigenvalue weighted by atomic mass is 16.3. The van der Waals surface area contributed by atoms with Crippen molar-refractivity contribution in [1.29, 1.82) is 0 Å². The summed E-state index contributed by atoms with van der Waals surface area (Å²) < 4.78 is 0. The van der Waals surface area contributed by atoms with Crippen LogP contribution in [0.25, 0.3) is 22.5 Å². The van der Waals surface area contributed by atoms with Gasteiger partial charge < -0.3 is 25.5 Å². The molecule has 0 saturated carbocycles. The highest BCUT2D eigenvalue weighted by molar-refractivity contribution is 5.95. The van der Waals surface area contributed by atoms with Crippen LogP contribution in [0.3, 0.4) is 0 Å². The number of nitrogens with zero attached hydrogens (tertiary/aromatic N) is 4. The Morgan fingerprint density at radius 2 is 1.45 bits per heavy atom. The molecule has 1 aliphatic rings. The minimum Gasteiger partial charge on any atom is -0.508 e. The zero-order valence-corrected chi connectivity index (χ0v) is 22.4. The number of aromatic nitrogens is 2. The number of carbonyl (C=O) groups is 2. The molecule has 1 aliphatic heterocycles. The molecule has 1 fully saturated rings. The number of piperazine rings is 1. The van der Waals surface area contributed by atoms with Crippen molar-refractivity contribution >= 4 is 23.5 Å². The molecular weight excluding hydrogens is 504 g/mol. The quantitative estimate of drug-likeness (QED) is 0.292. The smallest absolute Gasteiger partial charge is 0.253 e. The summed E-state index contributed by atoms with van der Waals surface area (Å²) in [5, 5.41) is 15.6. The number of hydrogen-bond donors (Lipinski definition) is 3. The number of phenols is 1. The first-order valence-electron chi connectivity index (χ1n) is 13.3. The lowest BCUT2D eigenvalue weighted by atomic mass is 10.0. The van der Waals surface area contributed by atoms with E-state index in [0.29, 0.717) is 56.5 Å². The van der Waals surface area contributed by atoms with E-state index in [4.69, 9.17) is 9.97 Å². The third-order valence-corrected chi connectivity index (χ3v) is 6.77. The second-order valence-corrected chi connectivity index (χ2v) is 9.61. The number of rotatable bonds is 8. The third kappa shape index (κ3) is 6.55. The molecule has 204 valence electrons. The van der Waals surface area contributed by atoms with Gasteiger partial charge in [-0.2, -0.15) is 0 Å². The molecule has 0 bridgehead atoms. The van der Waals surface area contributed by atoms with E-state index < -0.39 is 0 Å². The van der Waals surface area contributed by atoms with Gasteiger partial charge in [-0.1, -0.05) is 54.6 Å². The minimum atomic E-state index is -0.0733. The maximum atomic E-state index is 13.2. The van der Waals surface area contributed by atoms with E-state index in [1.807, 2.05) is 77.7 Å². The van der Waals surface area contributed by atoms with Crippen molar-refractivity contribution < 1.29 is 14.7 Å². The van der Waals surface area contributed by atoms with E-state index >= 15 is 0 Å². The Labute approximate surface area is 233 Å². The average molecular weight is 537 g/mol. The Kier molecular flexibility index (Phi) is 8.20. The van der Waals surface area contributed by atoms with Crippen LogP contribution < -0.4 is 15.5 Å². The Bertz CT molecular complexity index is 1450. The van der Waals surface area contributed by atoms with Gasteiger partial charge in [0.05, 0.1) is 0 Å². The van der Waals surface area contributed by atoms with Crippen LogP contribution in [0.15, 0.2) is 84.9 Å². The maximum absolute atomic E-state index is 13.2. The van der Waals surface area contributed by atoms with Crippen LogP contribution >= 0.6 is 0 Å². The molecule has 0 radical (unpaired) electrons. The zero-order valence-electron chi connectivity index (χ0n) is 22.4. The van der Waals surface area contributed by atoms with Gasteiger partial charge in [0, 0.05) is 63.4 Å². The summed E-state index contributed by atoms with van der Waals surface area (Å²) in [5.41, 5.74) is 3.53. The van der Waals surface area contributed by atoms with Crippen LogP contribution in [0.2, 0.25) is 0 Å². The van der Waals surface area contributed by atoms with Crippen molar-refractivity contribution in [3.05, 3.63) is 90.5 Å². The van der Waals surface area contributed by atoms with Crippen molar-refractivity contribution in [3.63, 3.8) is 0 Å². The summed E-state index contributed by atoms with van der Waals surface area (Å²) in [7, 11) is 0. The number of aromatic hydroxyl groups is 1. The van der Waals surface area contributed by atoms with Crippen molar-refractivity contribution in [2.24, 2.45) is 0 Å². The van der Waals surface area contributed by atoms with E-state index in [1.165, 1.54) is 6.92 Å². The van der Waals surface area contributed by atoms with Crippen LogP contribution in [0.1, 0.15) is 17.3 Å². The van der Waals surface area contributed by atoms with Gasteiger partial charge in [0.2, 0.25) is 5.91 Å². The zero-order chi connectivity index (χ0) is 27.9. The number of amides is 2. The Morgan fingerprint density at radius 1 is 0.800 bits per heavy atom. The molecule has 1 aromatic heterocycles. The van der Waals surface area contributed by atoms with E-state index in [9.17, 15) is 14.7 Å². The summed E-state index contributed by atoms with van der Waals surface area (Å²) in [5.74, 6) is 2.25. The van der Waals surface area contributed by atoms with Gasteiger partial charge >= 0.3 is 0 Å². The lowest BCUT2D eigenvalue weighted by Gasteiger charge is -2.35. The molecule has 5 rings (SSSR count). The number of nitrogens with one attached hydrogen (secondary N) is 2. The molecule has 3 N–H and O–H groups in total. The highest BCUT2D eigenvalue weighted by Crippen LogP contribution is 2.25. The average Bonchev–Trinajstić information content (AvgIpc) is 3.00. The molecule has 9 nitrogen and oxygen atoms in total. The highest BCUT2D eigenvalue weighted by Gasteiger charge is 2.24. The molecule has 0 spiro atoms. The minimum absolute atomic E-state index is 0.00453. The predicted octanol–water partition coefficient (Wildman–Crippen LogP) is 4.03. The van der Waals surface area contributed by atoms with E-state index in [0.717, 1.165) is 22.5 Å². The summed E-state index contributed by atoms with van der Waals surface area (Å²) in [4.78, 5) is 38.0. The van der Waals surface area contributed by atoms with E-state index in [1.54, 1.807) is 12.1 Å².